The fourth-order valence-corrected chi connectivity index (χ4v) is 6.29. The normalized spacial score (nSPS) is 16.9. The van der Waals surface area contributed by atoms with Crippen LogP contribution >= 0.6 is 50.9 Å². The van der Waals surface area contributed by atoms with E-state index >= 15 is 0 Å². The van der Waals surface area contributed by atoms with Crippen LogP contribution in [0.5, 0.6) is 5.75 Å². The maximum Gasteiger partial charge on any atom is 0.319 e. The molecule has 2 aromatic rings. The van der Waals surface area contributed by atoms with Gasteiger partial charge in [0.1, 0.15) is 5.92 Å². The van der Waals surface area contributed by atoms with Crippen molar-refractivity contribution in [2.45, 2.75) is 26.7 Å². The van der Waals surface area contributed by atoms with Crippen LogP contribution in [0.2, 0.25) is 10.0 Å². The standard InChI is InChI=1S/C26H24BrCl2N3O5S/c1-5-37-23-17(28)8-14(9-18(23)29)20-16(10-30)25(32-24(34)21(20)26(35)36-4)38-11-19(33)31-22-12(2)6-15(27)7-13(22)3/h6-9,20-21H,5,11H2,1-4H3,(H,31,33)(H,32,34)/t20-,21+/m1/s1. The Hall–Kier alpha value is -2.71. The average molecular weight is 641 g/mol. The molecule has 38 heavy (non-hydrogen) atoms. The molecule has 2 aromatic carbocycles. The van der Waals surface area contributed by atoms with E-state index in [-0.39, 0.29) is 38.1 Å². The van der Waals surface area contributed by atoms with E-state index in [0.29, 0.717) is 17.9 Å². The quantitative estimate of drug-likeness (QED) is 0.273. The lowest BCUT2D eigenvalue weighted by Gasteiger charge is -2.31. The highest BCUT2D eigenvalue weighted by atomic mass is 79.9. The molecule has 0 bridgehead atoms. The summed E-state index contributed by atoms with van der Waals surface area (Å²) < 4.78 is 11.2. The van der Waals surface area contributed by atoms with Gasteiger partial charge in [0.2, 0.25) is 11.8 Å². The number of allylic oxidation sites excluding steroid dienone is 1. The van der Waals surface area contributed by atoms with E-state index in [1.807, 2.05) is 26.0 Å². The molecule has 12 heteroatoms. The molecule has 0 saturated heterocycles. The number of nitrogens with one attached hydrogen (secondary N) is 2. The molecule has 200 valence electrons. The van der Waals surface area contributed by atoms with E-state index in [4.69, 9.17) is 32.7 Å². The minimum Gasteiger partial charge on any atom is -0.491 e. The van der Waals surface area contributed by atoms with E-state index in [9.17, 15) is 19.6 Å². The lowest BCUT2D eigenvalue weighted by molar-refractivity contribution is -0.150. The topological polar surface area (TPSA) is 118 Å². The Morgan fingerprint density at radius 1 is 1.18 bits per heavy atom. The van der Waals surface area contributed by atoms with Crippen molar-refractivity contribution >= 4 is 74.4 Å². The lowest BCUT2D eigenvalue weighted by Crippen LogP contribution is -2.44. The maximum atomic E-state index is 13.1. The van der Waals surface area contributed by atoms with E-state index in [1.165, 1.54) is 12.1 Å². The summed E-state index contributed by atoms with van der Waals surface area (Å²) in [7, 11) is 1.15. The van der Waals surface area contributed by atoms with E-state index in [0.717, 1.165) is 34.5 Å². The van der Waals surface area contributed by atoms with Crippen LogP contribution < -0.4 is 15.4 Å². The van der Waals surface area contributed by atoms with Crippen molar-refractivity contribution in [3.63, 3.8) is 0 Å². The van der Waals surface area contributed by atoms with Crippen molar-refractivity contribution in [1.29, 1.82) is 5.26 Å². The number of halogens is 3. The SMILES string of the molecule is CCOc1c(Cl)cc([C@@H]2C(C#N)=C(SCC(=O)Nc3c(C)cc(Br)cc3C)NC(=O)[C@H]2C(=O)OC)cc1Cl. The average Bonchev–Trinajstić information content (AvgIpc) is 2.86. The summed E-state index contributed by atoms with van der Waals surface area (Å²) in [5.41, 5.74) is 2.87. The van der Waals surface area contributed by atoms with Crippen LogP contribution in [0.15, 0.2) is 39.3 Å². The molecular formula is C26H24BrCl2N3O5S. The molecule has 0 saturated carbocycles. The van der Waals surface area contributed by atoms with Crippen LogP contribution in [0.25, 0.3) is 0 Å². The van der Waals surface area contributed by atoms with Crippen molar-refractivity contribution in [2.24, 2.45) is 5.92 Å². The van der Waals surface area contributed by atoms with Gasteiger partial charge in [0.25, 0.3) is 0 Å². The van der Waals surface area contributed by atoms with Gasteiger partial charge in [-0.05, 0) is 61.7 Å². The number of hydrogen-bond acceptors (Lipinski definition) is 7. The highest BCUT2D eigenvalue weighted by Gasteiger charge is 2.44. The smallest absolute Gasteiger partial charge is 0.319 e. The molecule has 1 aliphatic heterocycles. The molecule has 2 amide bonds. The van der Waals surface area contributed by atoms with Gasteiger partial charge in [-0.1, -0.05) is 50.9 Å². The third kappa shape index (κ3) is 6.46. The molecular weight excluding hydrogens is 617 g/mol. The van der Waals surface area contributed by atoms with Gasteiger partial charge in [-0.15, -0.1) is 0 Å². The minimum absolute atomic E-state index is 0.0742. The molecule has 1 aliphatic rings. The molecule has 0 aliphatic carbocycles. The van der Waals surface area contributed by atoms with Gasteiger partial charge in [0.05, 0.1) is 46.2 Å². The molecule has 1 heterocycles. The van der Waals surface area contributed by atoms with Crippen LogP contribution in [0.1, 0.15) is 29.5 Å². The Labute approximate surface area is 243 Å². The molecule has 0 spiro atoms. The highest BCUT2D eigenvalue weighted by Crippen LogP contribution is 2.44. The number of carbonyl (C=O) groups is 3. The zero-order chi connectivity index (χ0) is 28.1. The number of ether oxygens (including phenoxy) is 2. The van der Waals surface area contributed by atoms with Gasteiger partial charge in [-0.3, -0.25) is 14.4 Å². The Kier molecular flexibility index (Phi) is 10.1. The number of rotatable bonds is 8. The number of anilines is 1. The molecule has 3 rings (SSSR count). The number of methoxy groups -OCH3 is 1. The van der Waals surface area contributed by atoms with Crippen molar-refractivity contribution in [1.82, 2.24) is 5.32 Å². The maximum absolute atomic E-state index is 13.1. The molecule has 8 nitrogen and oxygen atoms in total. The Balaban J connectivity index is 1.97. The molecule has 0 radical (unpaired) electrons. The second-order valence-corrected chi connectivity index (χ2v) is 11.0. The van der Waals surface area contributed by atoms with Gasteiger partial charge in [0, 0.05) is 16.1 Å². The molecule has 0 unspecified atom stereocenters. The third-order valence-electron chi connectivity index (χ3n) is 5.76. The van der Waals surface area contributed by atoms with Crippen molar-refractivity contribution in [2.75, 3.05) is 24.8 Å². The number of benzene rings is 2. The van der Waals surface area contributed by atoms with Gasteiger partial charge in [-0.2, -0.15) is 5.26 Å². The summed E-state index contributed by atoms with van der Waals surface area (Å²) in [4.78, 5) is 38.5. The lowest BCUT2D eigenvalue weighted by atomic mass is 9.78. The summed E-state index contributed by atoms with van der Waals surface area (Å²) >= 11 is 17.2. The predicted octanol–water partition coefficient (Wildman–Crippen LogP) is 5.88. The zero-order valence-corrected chi connectivity index (χ0v) is 24.8. The zero-order valence-electron chi connectivity index (χ0n) is 20.9. The molecule has 0 fully saturated rings. The van der Waals surface area contributed by atoms with Crippen LogP contribution in [-0.4, -0.2) is 37.3 Å². The molecule has 2 atom stereocenters. The van der Waals surface area contributed by atoms with Crippen molar-refractivity contribution in [3.8, 4) is 11.8 Å². The summed E-state index contributed by atoms with van der Waals surface area (Å²) in [6, 6.07) is 8.87. The number of aryl methyl sites for hydroxylation is 2. The molecule has 2 N–H and O–H groups in total. The first-order valence-electron chi connectivity index (χ1n) is 11.4. The molecule has 0 aromatic heterocycles. The Morgan fingerprint density at radius 2 is 1.79 bits per heavy atom. The van der Waals surface area contributed by atoms with Crippen LogP contribution in [0.4, 0.5) is 5.69 Å². The number of carbonyl (C=O) groups excluding carboxylic acids is 3. The largest absolute Gasteiger partial charge is 0.491 e. The first-order chi connectivity index (χ1) is 18.0. The summed E-state index contributed by atoms with van der Waals surface area (Å²) in [6.07, 6.45) is 0. The number of nitrogens with zero attached hydrogens (tertiary/aromatic N) is 1. The number of hydrogen-bond donors (Lipinski definition) is 2. The minimum atomic E-state index is -1.37. The van der Waals surface area contributed by atoms with Gasteiger partial charge in [0.15, 0.2) is 5.75 Å². The monoisotopic (exact) mass is 639 g/mol. The fraction of sp³-hybridized carbons (Fsp3) is 0.308. The highest BCUT2D eigenvalue weighted by molar-refractivity contribution is 9.10. The summed E-state index contributed by atoms with van der Waals surface area (Å²) in [5, 5.41) is 16.1. The predicted molar refractivity (Wildman–Crippen MR) is 151 cm³/mol. The number of thioether (sulfide) groups is 1. The van der Waals surface area contributed by atoms with E-state index < -0.39 is 23.7 Å². The first kappa shape index (κ1) is 29.8. The third-order valence-corrected chi connectivity index (χ3v) is 7.80. The fourth-order valence-electron chi connectivity index (χ4n) is 4.14. The Bertz CT molecular complexity index is 1330. The van der Waals surface area contributed by atoms with Crippen LogP contribution in [0, 0.1) is 31.1 Å². The van der Waals surface area contributed by atoms with E-state index in [1.54, 1.807) is 6.92 Å². The number of esters is 1. The second-order valence-electron chi connectivity index (χ2n) is 8.32. The number of amides is 2. The van der Waals surface area contributed by atoms with Crippen LogP contribution in [0.3, 0.4) is 0 Å². The van der Waals surface area contributed by atoms with Crippen molar-refractivity contribution < 1.29 is 23.9 Å². The number of nitriles is 1. The van der Waals surface area contributed by atoms with Gasteiger partial charge >= 0.3 is 5.97 Å². The van der Waals surface area contributed by atoms with Crippen molar-refractivity contribution in [3.05, 3.63) is 66.1 Å². The first-order valence-corrected chi connectivity index (χ1v) is 13.9. The summed E-state index contributed by atoms with van der Waals surface area (Å²) in [6.45, 7) is 5.85. The summed E-state index contributed by atoms with van der Waals surface area (Å²) in [5.74, 6) is -4.10. The Morgan fingerprint density at radius 3 is 2.32 bits per heavy atom. The second kappa shape index (κ2) is 12.9. The van der Waals surface area contributed by atoms with Gasteiger partial charge in [-0.25, -0.2) is 0 Å². The van der Waals surface area contributed by atoms with Gasteiger partial charge < -0.3 is 20.1 Å². The van der Waals surface area contributed by atoms with Crippen LogP contribution in [-0.2, 0) is 19.1 Å². The van der Waals surface area contributed by atoms with E-state index in [2.05, 4.69) is 32.6 Å².